The molecule has 3 nitrogen and oxygen atoms in total. The molecule has 1 fully saturated rings. The quantitative estimate of drug-likeness (QED) is 0.699. The van der Waals surface area contributed by atoms with Crippen molar-refractivity contribution in [2.24, 2.45) is 5.92 Å². The minimum Gasteiger partial charge on any atom is -0.480 e. The van der Waals surface area contributed by atoms with E-state index in [1.54, 1.807) is 11.8 Å². The summed E-state index contributed by atoms with van der Waals surface area (Å²) >= 11 is 1.72. The van der Waals surface area contributed by atoms with E-state index in [9.17, 15) is 4.79 Å². The Kier molecular flexibility index (Phi) is 3.40. The van der Waals surface area contributed by atoms with E-state index in [2.05, 4.69) is 19.2 Å². The van der Waals surface area contributed by atoms with E-state index < -0.39 is 5.97 Å². The van der Waals surface area contributed by atoms with Gasteiger partial charge in [0.15, 0.2) is 0 Å². The number of carbonyl (C=O) groups is 1. The highest BCUT2D eigenvalue weighted by Crippen LogP contribution is 2.26. The number of thioether (sulfide) groups is 1. The maximum Gasteiger partial charge on any atom is 0.321 e. The normalized spacial score (nSPS) is 31.8. The Bertz CT molecular complexity index is 174. The molecule has 0 radical (unpaired) electrons. The molecule has 0 aromatic rings. The Morgan fingerprint density at radius 2 is 2.50 bits per heavy atom. The van der Waals surface area contributed by atoms with Gasteiger partial charge in [-0.2, -0.15) is 0 Å². The van der Waals surface area contributed by atoms with Crippen LogP contribution in [0.1, 0.15) is 20.3 Å². The lowest BCUT2D eigenvalue weighted by atomic mass is 10.1. The minimum absolute atomic E-state index is 0.330. The van der Waals surface area contributed by atoms with Gasteiger partial charge >= 0.3 is 5.97 Å². The van der Waals surface area contributed by atoms with Gasteiger partial charge in [0.25, 0.3) is 0 Å². The standard InChI is InChI=1S/C8H15NO2S/c1-3-5(2)7-9-6(4-12-7)8(10)11/h5-7,9H,3-4H2,1-2H3,(H,10,11)/t5-,6+,7+/m0/s1. The fraction of sp³-hybridized carbons (Fsp3) is 0.875. The smallest absolute Gasteiger partial charge is 0.321 e. The largest absolute Gasteiger partial charge is 0.480 e. The Labute approximate surface area is 76.9 Å². The number of rotatable bonds is 3. The summed E-state index contributed by atoms with van der Waals surface area (Å²) in [7, 11) is 0. The molecule has 3 atom stereocenters. The molecule has 0 unspecified atom stereocenters. The van der Waals surface area contributed by atoms with Gasteiger partial charge < -0.3 is 5.11 Å². The van der Waals surface area contributed by atoms with Crippen LogP contribution in [0, 0.1) is 5.92 Å². The second kappa shape index (κ2) is 4.14. The molecule has 1 aliphatic rings. The monoisotopic (exact) mass is 189 g/mol. The van der Waals surface area contributed by atoms with Crippen molar-refractivity contribution >= 4 is 17.7 Å². The van der Waals surface area contributed by atoms with Crippen molar-refractivity contribution < 1.29 is 9.90 Å². The third-order valence-corrected chi connectivity index (χ3v) is 3.75. The fourth-order valence-electron chi connectivity index (χ4n) is 1.18. The Morgan fingerprint density at radius 3 is 2.92 bits per heavy atom. The van der Waals surface area contributed by atoms with Gasteiger partial charge in [0.1, 0.15) is 6.04 Å². The van der Waals surface area contributed by atoms with Crippen LogP contribution in [-0.4, -0.2) is 28.2 Å². The van der Waals surface area contributed by atoms with Crippen molar-refractivity contribution in [2.45, 2.75) is 31.7 Å². The summed E-state index contributed by atoms with van der Waals surface area (Å²) in [5, 5.41) is 12.1. The SMILES string of the molecule is CC[C@H](C)[C@@H]1N[C@@H](C(=O)O)CS1. The van der Waals surface area contributed by atoms with Gasteiger partial charge in [-0.25, -0.2) is 0 Å². The first-order valence-electron chi connectivity index (χ1n) is 4.25. The molecule has 0 amide bonds. The molecule has 0 spiro atoms. The lowest BCUT2D eigenvalue weighted by molar-refractivity contribution is -0.138. The number of carboxylic acid groups (broad SMARTS) is 1. The van der Waals surface area contributed by atoms with Gasteiger partial charge in [0.2, 0.25) is 0 Å². The number of hydrogen-bond acceptors (Lipinski definition) is 3. The molecule has 12 heavy (non-hydrogen) atoms. The van der Waals surface area contributed by atoms with Crippen LogP contribution in [0.15, 0.2) is 0 Å². The van der Waals surface area contributed by atoms with E-state index in [0.29, 0.717) is 17.0 Å². The number of carboxylic acids is 1. The number of hydrogen-bond donors (Lipinski definition) is 2. The number of nitrogens with one attached hydrogen (secondary N) is 1. The molecule has 0 aliphatic carbocycles. The lowest BCUT2D eigenvalue weighted by Gasteiger charge is -2.16. The van der Waals surface area contributed by atoms with Crippen LogP contribution < -0.4 is 5.32 Å². The van der Waals surface area contributed by atoms with Crippen LogP contribution in [0.5, 0.6) is 0 Å². The van der Waals surface area contributed by atoms with Gasteiger partial charge in [-0.05, 0) is 5.92 Å². The topological polar surface area (TPSA) is 49.3 Å². The number of aliphatic carboxylic acids is 1. The third kappa shape index (κ3) is 2.14. The van der Waals surface area contributed by atoms with Gasteiger partial charge in [-0.3, -0.25) is 10.1 Å². The molecule has 4 heteroatoms. The van der Waals surface area contributed by atoms with Crippen molar-refractivity contribution in [1.82, 2.24) is 5.32 Å². The van der Waals surface area contributed by atoms with E-state index in [1.165, 1.54) is 0 Å². The molecule has 1 rings (SSSR count). The molecule has 1 saturated heterocycles. The predicted molar refractivity (Wildman–Crippen MR) is 50.3 cm³/mol. The molecule has 70 valence electrons. The summed E-state index contributed by atoms with van der Waals surface area (Å²) in [5.41, 5.74) is 0. The van der Waals surface area contributed by atoms with Crippen LogP contribution in [-0.2, 0) is 4.79 Å². The van der Waals surface area contributed by atoms with Crippen molar-refractivity contribution in [3.05, 3.63) is 0 Å². The molecule has 0 bridgehead atoms. The van der Waals surface area contributed by atoms with Crippen molar-refractivity contribution in [3.63, 3.8) is 0 Å². The summed E-state index contributed by atoms with van der Waals surface area (Å²) in [6, 6.07) is -0.339. The molecule has 1 aliphatic heterocycles. The molecular formula is C8H15NO2S. The van der Waals surface area contributed by atoms with E-state index >= 15 is 0 Å². The summed E-state index contributed by atoms with van der Waals surface area (Å²) in [6.45, 7) is 4.27. The second-order valence-electron chi connectivity index (χ2n) is 3.20. The Hall–Kier alpha value is -0.220. The first kappa shape index (κ1) is 9.86. The molecule has 0 saturated carbocycles. The van der Waals surface area contributed by atoms with Crippen LogP contribution >= 0.6 is 11.8 Å². The van der Waals surface area contributed by atoms with Crippen LogP contribution in [0.2, 0.25) is 0 Å². The summed E-state index contributed by atoms with van der Waals surface area (Å²) in [4.78, 5) is 10.6. The van der Waals surface area contributed by atoms with Gasteiger partial charge in [0, 0.05) is 5.75 Å². The van der Waals surface area contributed by atoms with E-state index in [-0.39, 0.29) is 6.04 Å². The molecule has 0 aromatic carbocycles. The molecule has 1 heterocycles. The third-order valence-electron chi connectivity index (χ3n) is 2.27. The molecule has 2 N–H and O–H groups in total. The van der Waals surface area contributed by atoms with E-state index in [4.69, 9.17) is 5.11 Å². The van der Waals surface area contributed by atoms with Crippen LogP contribution in [0.3, 0.4) is 0 Å². The van der Waals surface area contributed by atoms with E-state index in [1.807, 2.05) is 0 Å². The average Bonchev–Trinajstić information content (AvgIpc) is 2.51. The highest BCUT2D eigenvalue weighted by atomic mass is 32.2. The second-order valence-corrected chi connectivity index (χ2v) is 4.37. The van der Waals surface area contributed by atoms with Gasteiger partial charge in [-0.15, -0.1) is 11.8 Å². The van der Waals surface area contributed by atoms with Crippen LogP contribution in [0.25, 0.3) is 0 Å². The zero-order chi connectivity index (χ0) is 9.14. The van der Waals surface area contributed by atoms with Crippen molar-refractivity contribution in [1.29, 1.82) is 0 Å². The minimum atomic E-state index is -0.728. The Morgan fingerprint density at radius 1 is 1.83 bits per heavy atom. The first-order chi connectivity index (χ1) is 5.65. The van der Waals surface area contributed by atoms with E-state index in [0.717, 1.165) is 6.42 Å². The zero-order valence-corrected chi connectivity index (χ0v) is 8.23. The summed E-state index contributed by atoms with van der Waals surface area (Å²) in [6.07, 6.45) is 1.09. The molecular weight excluding hydrogens is 174 g/mol. The fourth-order valence-corrected chi connectivity index (χ4v) is 2.60. The first-order valence-corrected chi connectivity index (χ1v) is 5.30. The Balaban J connectivity index is 2.40. The van der Waals surface area contributed by atoms with Gasteiger partial charge in [0.05, 0.1) is 5.37 Å². The highest BCUT2D eigenvalue weighted by Gasteiger charge is 2.31. The van der Waals surface area contributed by atoms with Crippen LogP contribution in [0.4, 0.5) is 0 Å². The van der Waals surface area contributed by atoms with Crippen molar-refractivity contribution in [2.75, 3.05) is 5.75 Å². The maximum absolute atomic E-state index is 10.6. The average molecular weight is 189 g/mol. The summed E-state index contributed by atoms with van der Waals surface area (Å²) < 4.78 is 0. The zero-order valence-electron chi connectivity index (χ0n) is 7.41. The lowest BCUT2D eigenvalue weighted by Crippen LogP contribution is -2.38. The van der Waals surface area contributed by atoms with Gasteiger partial charge in [-0.1, -0.05) is 20.3 Å². The van der Waals surface area contributed by atoms with Crippen molar-refractivity contribution in [3.8, 4) is 0 Å². The highest BCUT2D eigenvalue weighted by molar-refractivity contribution is 8.00. The molecule has 0 aromatic heterocycles. The predicted octanol–water partition coefficient (Wildman–Crippen LogP) is 1.15. The maximum atomic E-state index is 10.6. The summed E-state index contributed by atoms with van der Waals surface area (Å²) in [5.74, 6) is 0.525.